The van der Waals surface area contributed by atoms with Crippen LogP contribution in [0.5, 0.6) is 0 Å². The molecule has 1 aliphatic rings. The van der Waals surface area contributed by atoms with E-state index < -0.39 is 0 Å². The molecule has 0 saturated heterocycles. The second-order valence-electron chi connectivity index (χ2n) is 6.33. The number of amides is 1. The Morgan fingerprint density at radius 2 is 1.52 bits per heavy atom. The van der Waals surface area contributed by atoms with Crippen LogP contribution in [0.4, 0.5) is 0 Å². The Balaban J connectivity index is 1.65. The molecule has 2 aromatic carbocycles. The molecule has 0 aromatic heterocycles. The second-order valence-corrected chi connectivity index (χ2v) is 6.33. The fourth-order valence-corrected chi connectivity index (χ4v) is 2.93. The summed E-state index contributed by atoms with van der Waals surface area (Å²) >= 11 is 0. The number of carbonyl (C=O) groups is 1. The number of benzene rings is 2. The number of hydrogen-bond acceptors (Lipinski definition) is 2. The quantitative estimate of drug-likeness (QED) is 0.824. The lowest BCUT2D eigenvalue weighted by Gasteiger charge is -2.20. The minimum atomic E-state index is 0.0272. The van der Waals surface area contributed by atoms with Crippen molar-refractivity contribution >= 4 is 5.91 Å². The molecular formula is C20H24N2O. The lowest BCUT2D eigenvalue weighted by atomic mass is 9.99. The molecule has 1 aliphatic carbocycles. The minimum absolute atomic E-state index is 0.0272. The monoisotopic (exact) mass is 308 g/mol. The summed E-state index contributed by atoms with van der Waals surface area (Å²) in [7, 11) is 0. The SMILES string of the molecule is C[C@H](NC(=O)CNC(c1ccccc1)c1ccccc1)C1CC1. The summed E-state index contributed by atoms with van der Waals surface area (Å²) in [6, 6.07) is 20.8. The van der Waals surface area contributed by atoms with E-state index >= 15 is 0 Å². The predicted molar refractivity (Wildman–Crippen MR) is 93.1 cm³/mol. The van der Waals surface area contributed by atoms with Crippen molar-refractivity contribution < 1.29 is 4.79 Å². The average Bonchev–Trinajstić information content (AvgIpc) is 3.42. The zero-order valence-electron chi connectivity index (χ0n) is 13.5. The molecule has 120 valence electrons. The molecule has 0 unspecified atom stereocenters. The first-order valence-corrected chi connectivity index (χ1v) is 8.36. The lowest BCUT2D eigenvalue weighted by molar-refractivity contribution is -0.121. The molecule has 0 radical (unpaired) electrons. The normalized spacial score (nSPS) is 15.4. The van der Waals surface area contributed by atoms with Crippen LogP contribution in [0.1, 0.15) is 36.9 Å². The van der Waals surface area contributed by atoms with E-state index in [0.717, 1.165) is 0 Å². The van der Waals surface area contributed by atoms with Crippen molar-refractivity contribution in [1.82, 2.24) is 10.6 Å². The maximum Gasteiger partial charge on any atom is 0.234 e. The van der Waals surface area contributed by atoms with E-state index in [1.54, 1.807) is 0 Å². The van der Waals surface area contributed by atoms with E-state index in [4.69, 9.17) is 0 Å². The van der Waals surface area contributed by atoms with Crippen LogP contribution < -0.4 is 10.6 Å². The van der Waals surface area contributed by atoms with Crippen molar-refractivity contribution in [2.75, 3.05) is 6.54 Å². The summed E-state index contributed by atoms with van der Waals surface area (Å²) in [5, 5.41) is 6.50. The number of hydrogen-bond donors (Lipinski definition) is 2. The van der Waals surface area contributed by atoms with Crippen molar-refractivity contribution in [3.8, 4) is 0 Å². The molecule has 1 amide bonds. The van der Waals surface area contributed by atoms with E-state index in [-0.39, 0.29) is 18.0 Å². The van der Waals surface area contributed by atoms with Gasteiger partial charge in [0.2, 0.25) is 5.91 Å². The third-order valence-corrected chi connectivity index (χ3v) is 4.45. The lowest BCUT2D eigenvalue weighted by Crippen LogP contribution is -2.41. The molecule has 3 nitrogen and oxygen atoms in total. The Bertz CT molecular complexity index is 583. The van der Waals surface area contributed by atoms with Crippen LogP contribution in [0.25, 0.3) is 0 Å². The standard InChI is InChI=1S/C20H24N2O/c1-15(16-12-13-16)22-19(23)14-21-20(17-8-4-2-5-9-17)18-10-6-3-7-11-18/h2-11,15-16,20-21H,12-14H2,1H3,(H,22,23)/t15-/m0/s1. The summed E-state index contributed by atoms with van der Waals surface area (Å²) in [6.07, 6.45) is 2.48. The third-order valence-electron chi connectivity index (χ3n) is 4.45. The van der Waals surface area contributed by atoms with Crippen LogP contribution >= 0.6 is 0 Å². The van der Waals surface area contributed by atoms with Crippen molar-refractivity contribution in [3.63, 3.8) is 0 Å². The fraction of sp³-hybridized carbons (Fsp3) is 0.350. The van der Waals surface area contributed by atoms with Crippen LogP contribution in [0.15, 0.2) is 60.7 Å². The summed E-state index contributed by atoms with van der Waals surface area (Å²) in [6.45, 7) is 2.42. The Morgan fingerprint density at radius 3 is 2.00 bits per heavy atom. The Kier molecular flexibility index (Phi) is 5.09. The highest BCUT2D eigenvalue weighted by Gasteiger charge is 2.28. The number of nitrogens with one attached hydrogen (secondary N) is 2. The van der Waals surface area contributed by atoms with Crippen molar-refractivity contribution in [1.29, 1.82) is 0 Å². The van der Waals surface area contributed by atoms with Gasteiger partial charge in [0.15, 0.2) is 0 Å². The van der Waals surface area contributed by atoms with E-state index in [2.05, 4.69) is 41.8 Å². The highest BCUT2D eigenvalue weighted by atomic mass is 16.2. The van der Waals surface area contributed by atoms with E-state index in [9.17, 15) is 4.79 Å². The smallest absolute Gasteiger partial charge is 0.234 e. The van der Waals surface area contributed by atoms with Gasteiger partial charge in [-0.1, -0.05) is 60.7 Å². The molecule has 3 rings (SSSR count). The molecule has 0 spiro atoms. The maximum absolute atomic E-state index is 12.2. The van der Waals surface area contributed by atoms with Gasteiger partial charge >= 0.3 is 0 Å². The molecule has 0 aliphatic heterocycles. The molecule has 1 fully saturated rings. The van der Waals surface area contributed by atoms with Gasteiger partial charge in [-0.25, -0.2) is 0 Å². The highest BCUT2D eigenvalue weighted by molar-refractivity contribution is 5.78. The van der Waals surface area contributed by atoms with Crippen molar-refractivity contribution in [2.24, 2.45) is 5.92 Å². The van der Waals surface area contributed by atoms with Crippen LogP contribution in [0.3, 0.4) is 0 Å². The molecule has 2 N–H and O–H groups in total. The maximum atomic E-state index is 12.2. The van der Waals surface area contributed by atoms with Crippen LogP contribution in [0.2, 0.25) is 0 Å². The van der Waals surface area contributed by atoms with Gasteiger partial charge in [-0.15, -0.1) is 0 Å². The zero-order valence-corrected chi connectivity index (χ0v) is 13.5. The number of carbonyl (C=O) groups excluding carboxylic acids is 1. The van der Waals surface area contributed by atoms with Gasteiger partial charge in [-0.2, -0.15) is 0 Å². The van der Waals surface area contributed by atoms with Gasteiger partial charge in [0.1, 0.15) is 0 Å². The van der Waals surface area contributed by atoms with Gasteiger partial charge in [0, 0.05) is 6.04 Å². The fourth-order valence-electron chi connectivity index (χ4n) is 2.93. The first-order chi connectivity index (χ1) is 11.2. The first kappa shape index (κ1) is 15.8. The molecule has 23 heavy (non-hydrogen) atoms. The molecule has 2 aromatic rings. The number of rotatable bonds is 7. The topological polar surface area (TPSA) is 41.1 Å². The predicted octanol–water partition coefficient (Wildman–Crippen LogP) is 3.28. The van der Waals surface area contributed by atoms with Crippen molar-refractivity contribution in [3.05, 3.63) is 71.8 Å². The summed E-state index contributed by atoms with van der Waals surface area (Å²) in [4.78, 5) is 12.2. The molecule has 0 heterocycles. The molecular weight excluding hydrogens is 284 g/mol. The minimum Gasteiger partial charge on any atom is -0.352 e. The Morgan fingerprint density at radius 1 is 1.00 bits per heavy atom. The van der Waals surface area contributed by atoms with E-state index in [1.165, 1.54) is 24.0 Å². The van der Waals surface area contributed by atoms with E-state index in [1.807, 2.05) is 36.4 Å². The average molecular weight is 308 g/mol. The van der Waals surface area contributed by atoms with Gasteiger partial charge in [0.05, 0.1) is 12.6 Å². The van der Waals surface area contributed by atoms with Gasteiger partial charge in [-0.3, -0.25) is 10.1 Å². The highest BCUT2D eigenvalue weighted by Crippen LogP contribution is 2.32. The molecule has 1 saturated carbocycles. The van der Waals surface area contributed by atoms with Gasteiger partial charge in [0.25, 0.3) is 0 Å². The van der Waals surface area contributed by atoms with Crippen LogP contribution in [0, 0.1) is 5.92 Å². The van der Waals surface area contributed by atoms with Crippen LogP contribution in [-0.2, 0) is 4.79 Å². The molecule has 3 heteroatoms. The van der Waals surface area contributed by atoms with Gasteiger partial charge in [-0.05, 0) is 36.8 Å². The first-order valence-electron chi connectivity index (χ1n) is 8.36. The molecule has 1 atom stereocenters. The largest absolute Gasteiger partial charge is 0.352 e. The Labute approximate surface area is 138 Å². The van der Waals surface area contributed by atoms with Crippen molar-refractivity contribution in [2.45, 2.75) is 31.8 Å². The van der Waals surface area contributed by atoms with Gasteiger partial charge < -0.3 is 5.32 Å². The summed E-state index contributed by atoms with van der Waals surface area (Å²) in [5.41, 5.74) is 2.34. The van der Waals surface area contributed by atoms with Crippen LogP contribution in [-0.4, -0.2) is 18.5 Å². The zero-order chi connectivity index (χ0) is 16.1. The Hall–Kier alpha value is -2.13. The van der Waals surface area contributed by atoms with E-state index in [0.29, 0.717) is 12.5 Å². The summed E-state index contributed by atoms with van der Waals surface area (Å²) < 4.78 is 0. The second kappa shape index (κ2) is 7.42. The third kappa shape index (κ3) is 4.42. The molecule has 0 bridgehead atoms. The summed E-state index contributed by atoms with van der Waals surface area (Å²) in [5.74, 6) is 0.749.